The van der Waals surface area contributed by atoms with Gasteiger partial charge in [-0.15, -0.1) is 10.2 Å². The summed E-state index contributed by atoms with van der Waals surface area (Å²) in [5, 5.41) is 21.0. The van der Waals surface area contributed by atoms with Gasteiger partial charge in [0.2, 0.25) is 5.13 Å². The van der Waals surface area contributed by atoms with Crippen LogP contribution in [0.15, 0.2) is 66.4 Å². The van der Waals surface area contributed by atoms with Crippen LogP contribution in [-0.4, -0.2) is 20.7 Å². The molecule has 0 saturated carbocycles. The first-order valence-corrected chi connectivity index (χ1v) is 10.5. The number of carbonyl (C=O) groups excluding carboxylic acids is 1. The average molecular weight is 444 g/mol. The summed E-state index contributed by atoms with van der Waals surface area (Å²) >= 11 is 1.14. The van der Waals surface area contributed by atoms with Crippen LogP contribution in [0.5, 0.6) is 0 Å². The molecule has 0 atom stereocenters. The molecule has 1 N–H and O–H groups in total. The summed E-state index contributed by atoms with van der Waals surface area (Å²) in [6, 6.07) is 17.6. The Morgan fingerprint density at radius 3 is 2.69 bits per heavy atom. The number of halogens is 1. The number of nitriles is 1. The molecule has 2 aromatic heterocycles. The van der Waals surface area contributed by atoms with Gasteiger partial charge in [0.25, 0.3) is 5.91 Å². The van der Waals surface area contributed by atoms with E-state index in [9.17, 15) is 14.4 Å². The Bertz CT molecular complexity index is 1360. The van der Waals surface area contributed by atoms with E-state index in [4.69, 9.17) is 0 Å². The van der Waals surface area contributed by atoms with E-state index >= 15 is 0 Å². The number of nitrogens with one attached hydrogen (secondary N) is 1. The highest BCUT2D eigenvalue weighted by Crippen LogP contribution is 2.27. The van der Waals surface area contributed by atoms with Gasteiger partial charge in [-0.2, -0.15) is 5.26 Å². The van der Waals surface area contributed by atoms with Gasteiger partial charge >= 0.3 is 0 Å². The summed E-state index contributed by atoms with van der Waals surface area (Å²) < 4.78 is 15.0. The summed E-state index contributed by atoms with van der Waals surface area (Å²) in [5.41, 5.74) is 4.49. The molecule has 0 unspecified atom stereocenters. The highest BCUT2D eigenvalue weighted by atomic mass is 32.1. The zero-order valence-corrected chi connectivity index (χ0v) is 18.2. The lowest BCUT2D eigenvalue weighted by Crippen LogP contribution is -2.13. The molecule has 4 rings (SSSR count). The van der Waals surface area contributed by atoms with Crippen LogP contribution in [0.1, 0.15) is 16.8 Å². The van der Waals surface area contributed by atoms with Gasteiger partial charge in [0.15, 0.2) is 0 Å². The van der Waals surface area contributed by atoms with Gasteiger partial charge in [-0.05, 0) is 73.5 Å². The second-order valence-corrected chi connectivity index (χ2v) is 8.11. The standard InChI is InChI=1S/C24H18FN5OS/c1-15-5-6-16(2)21(12-15)30-11-3-4-20(30)13-18(14-26)22(31)27-24-29-28-23(32-24)17-7-9-19(25)10-8-17/h3-13H,1-2H3,(H,27,29,31)/b18-13-. The summed E-state index contributed by atoms with van der Waals surface area (Å²) in [6.07, 6.45) is 3.43. The van der Waals surface area contributed by atoms with Gasteiger partial charge < -0.3 is 4.57 Å². The van der Waals surface area contributed by atoms with E-state index in [1.165, 1.54) is 12.1 Å². The molecule has 0 spiro atoms. The number of hydrogen-bond donors (Lipinski definition) is 1. The molecule has 0 radical (unpaired) electrons. The Balaban J connectivity index is 1.57. The van der Waals surface area contributed by atoms with Crippen LogP contribution in [0.4, 0.5) is 9.52 Å². The summed E-state index contributed by atoms with van der Waals surface area (Å²) in [5.74, 6) is -0.927. The molecular formula is C24H18FN5OS. The number of aryl methyl sites for hydroxylation is 2. The second kappa shape index (κ2) is 8.96. The van der Waals surface area contributed by atoms with Crippen molar-refractivity contribution in [3.63, 3.8) is 0 Å². The Morgan fingerprint density at radius 1 is 1.16 bits per heavy atom. The number of amides is 1. The molecule has 0 aliphatic rings. The van der Waals surface area contributed by atoms with Crippen molar-refractivity contribution >= 4 is 28.5 Å². The maximum Gasteiger partial charge on any atom is 0.268 e. The fourth-order valence-corrected chi connectivity index (χ4v) is 3.90. The van der Waals surface area contributed by atoms with Gasteiger partial charge in [0.05, 0.1) is 0 Å². The number of carbonyl (C=O) groups is 1. The minimum atomic E-state index is -0.581. The monoisotopic (exact) mass is 443 g/mol. The van der Waals surface area contributed by atoms with Crippen LogP contribution in [0.2, 0.25) is 0 Å². The van der Waals surface area contributed by atoms with Gasteiger partial charge in [-0.25, -0.2) is 4.39 Å². The molecule has 0 bridgehead atoms. The molecule has 0 saturated heterocycles. The molecule has 0 fully saturated rings. The van der Waals surface area contributed by atoms with Crippen molar-refractivity contribution in [3.05, 3.63) is 89.0 Å². The first kappa shape index (κ1) is 21.2. The smallest absolute Gasteiger partial charge is 0.268 e. The van der Waals surface area contributed by atoms with Crippen molar-refractivity contribution in [2.75, 3.05) is 5.32 Å². The van der Waals surface area contributed by atoms with Crippen LogP contribution in [0, 0.1) is 31.0 Å². The van der Waals surface area contributed by atoms with Crippen molar-refractivity contribution in [2.24, 2.45) is 0 Å². The molecule has 1 amide bonds. The van der Waals surface area contributed by atoms with Crippen LogP contribution in [0.25, 0.3) is 22.3 Å². The normalized spacial score (nSPS) is 11.2. The molecule has 0 aliphatic heterocycles. The van der Waals surface area contributed by atoms with Crippen LogP contribution in [0.3, 0.4) is 0 Å². The lowest BCUT2D eigenvalue weighted by Gasteiger charge is -2.11. The van der Waals surface area contributed by atoms with Crippen molar-refractivity contribution in [1.29, 1.82) is 5.26 Å². The Hall–Kier alpha value is -4.09. The number of aromatic nitrogens is 3. The minimum Gasteiger partial charge on any atom is -0.317 e. The van der Waals surface area contributed by atoms with Gasteiger partial charge in [0.1, 0.15) is 22.5 Å². The highest BCUT2D eigenvalue weighted by molar-refractivity contribution is 7.18. The van der Waals surface area contributed by atoms with E-state index in [2.05, 4.69) is 21.6 Å². The van der Waals surface area contributed by atoms with Gasteiger partial charge in [-0.3, -0.25) is 10.1 Å². The molecule has 0 aliphatic carbocycles. The molecule has 6 nitrogen and oxygen atoms in total. The van der Waals surface area contributed by atoms with Gasteiger partial charge in [-0.1, -0.05) is 23.5 Å². The first-order valence-electron chi connectivity index (χ1n) is 9.72. The minimum absolute atomic E-state index is 0.0613. The fourth-order valence-electron chi connectivity index (χ4n) is 3.15. The molecule has 8 heteroatoms. The predicted octanol–water partition coefficient (Wildman–Crippen LogP) is 5.30. The van der Waals surface area contributed by atoms with E-state index < -0.39 is 5.91 Å². The third-order valence-corrected chi connectivity index (χ3v) is 5.69. The topological polar surface area (TPSA) is 83.6 Å². The lowest BCUT2D eigenvalue weighted by atomic mass is 10.1. The number of anilines is 1. The zero-order chi connectivity index (χ0) is 22.7. The largest absolute Gasteiger partial charge is 0.317 e. The van der Waals surface area contributed by atoms with Crippen molar-refractivity contribution in [1.82, 2.24) is 14.8 Å². The molecule has 158 valence electrons. The number of nitrogens with zero attached hydrogens (tertiary/aromatic N) is 4. The van der Waals surface area contributed by atoms with Crippen molar-refractivity contribution < 1.29 is 9.18 Å². The van der Waals surface area contributed by atoms with Crippen molar-refractivity contribution in [3.8, 4) is 22.3 Å². The Morgan fingerprint density at radius 2 is 1.94 bits per heavy atom. The maximum absolute atomic E-state index is 13.1. The Kier molecular flexibility index (Phi) is 5.92. The number of rotatable bonds is 5. The molecule has 32 heavy (non-hydrogen) atoms. The van der Waals surface area contributed by atoms with E-state index in [0.29, 0.717) is 16.3 Å². The number of hydrogen-bond acceptors (Lipinski definition) is 5. The summed E-state index contributed by atoms with van der Waals surface area (Å²) in [4.78, 5) is 12.7. The number of benzene rings is 2. The Labute approximate surface area is 188 Å². The molecular weight excluding hydrogens is 425 g/mol. The molecule has 2 heterocycles. The summed E-state index contributed by atoms with van der Waals surface area (Å²) in [7, 11) is 0. The third-order valence-electron chi connectivity index (χ3n) is 4.80. The van der Waals surface area contributed by atoms with Crippen LogP contribution >= 0.6 is 11.3 Å². The average Bonchev–Trinajstić information content (AvgIpc) is 3.43. The quantitative estimate of drug-likeness (QED) is 0.335. The fraction of sp³-hybridized carbons (Fsp3) is 0.0833. The highest BCUT2D eigenvalue weighted by Gasteiger charge is 2.15. The second-order valence-electron chi connectivity index (χ2n) is 7.14. The summed E-state index contributed by atoms with van der Waals surface area (Å²) in [6.45, 7) is 4.02. The van der Waals surface area contributed by atoms with E-state index in [1.54, 1.807) is 18.2 Å². The molecule has 4 aromatic rings. The first-order chi connectivity index (χ1) is 15.4. The lowest BCUT2D eigenvalue weighted by molar-refractivity contribution is -0.112. The van der Waals surface area contributed by atoms with Crippen molar-refractivity contribution in [2.45, 2.75) is 13.8 Å². The van der Waals surface area contributed by atoms with E-state index in [-0.39, 0.29) is 16.5 Å². The van der Waals surface area contributed by atoms with E-state index in [1.807, 2.05) is 54.9 Å². The molecule has 2 aromatic carbocycles. The zero-order valence-electron chi connectivity index (χ0n) is 17.3. The SMILES string of the molecule is Cc1ccc(C)c(-n2cccc2/C=C(/C#N)C(=O)Nc2nnc(-c3ccc(F)cc3)s2)c1. The van der Waals surface area contributed by atoms with Crippen LogP contribution < -0.4 is 5.32 Å². The predicted molar refractivity (Wildman–Crippen MR) is 123 cm³/mol. The third kappa shape index (κ3) is 4.48. The van der Waals surface area contributed by atoms with Gasteiger partial charge in [0, 0.05) is 23.1 Å². The van der Waals surface area contributed by atoms with Crippen LogP contribution in [-0.2, 0) is 4.79 Å². The maximum atomic E-state index is 13.1. The van der Waals surface area contributed by atoms with E-state index in [0.717, 1.165) is 28.2 Å².